The number of carbonyl (C=O) groups excluding carboxylic acids is 2. The van der Waals surface area contributed by atoms with E-state index in [4.69, 9.17) is 16.2 Å². The molecular weight excluding hydrogens is 374 g/mol. The number of hydroxylamine groups is 2. The van der Waals surface area contributed by atoms with Crippen LogP contribution in [0.1, 0.15) is 28.8 Å². The van der Waals surface area contributed by atoms with Gasteiger partial charge in [0.05, 0.1) is 12.1 Å². The fourth-order valence-corrected chi connectivity index (χ4v) is 2.87. The summed E-state index contributed by atoms with van der Waals surface area (Å²) in [6.07, 6.45) is 0.933. The van der Waals surface area contributed by atoms with Crippen molar-refractivity contribution in [1.29, 1.82) is 0 Å². The van der Waals surface area contributed by atoms with Crippen LogP contribution in [0, 0.1) is 11.8 Å². The van der Waals surface area contributed by atoms with E-state index in [1.165, 1.54) is 0 Å². The van der Waals surface area contributed by atoms with Crippen molar-refractivity contribution in [3.63, 3.8) is 0 Å². The third kappa shape index (κ3) is 7.62. The van der Waals surface area contributed by atoms with Crippen molar-refractivity contribution in [1.82, 2.24) is 14.9 Å². The Morgan fingerprint density at radius 2 is 1.97 bits per heavy atom. The number of urea groups is 1. The zero-order chi connectivity index (χ0) is 21.2. The number of piperazine rings is 1. The molecule has 1 heterocycles. The Hall–Kier alpha value is -2.80. The molecule has 1 saturated heterocycles. The molecule has 9 nitrogen and oxygen atoms in total. The first-order valence-corrected chi connectivity index (χ1v) is 9.59. The molecule has 0 spiro atoms. The van der Waals surface area contributed by atoms with Crippen LogP contribution in [-0.2, 0) is 0 Å². The van der Waals surface area contributed by atoms with Crippen LogP contribution in [0.15, 0.2) is 18.2 Å². The Morgan fingerprint density at radius 3 is 2.62 bits per heavy atom. The smallest absolute Gasteiger partial charge is 0.338 e. The van der Waals surface area contributed by atoms with E-state index < -0.39 is 11.9 Å². The lowest BCUT2D eigenvalue weighted by molar-refractivity contribution is -0.0396. The zero-order valence-electron chi connectivity index (χ0n) is 16.8. The van der Waals surface area contributed by atoms with Gasteiger partial charge in [0.2, 0.25) is 0 Å². The lowest BCUT2D eigenvalue weighted by Crippen LogP contribution is -2.45. The highest BCUT2D eigenvalue weighted by Gasteiger charge is 2.14. The van der Waals surface area contributed by atoms with Gasteiger partial charge in [-0.3, -0.25) is 14.9 Å². The predicted octanol–water partition coefficient (Wildman–Crippen LogP) is 0.313. The van der Waals surface area contributed by atoms with E-state index in [-0.39, 0.29) is 6.54 Å². The molecule has 5 N–H and O–H groups in total. The van der Waals surface area contributed by atoms with E-state index >= 15 is 0 Å². The Kier molecular flexibility index (Phi) is 8.73. The summed E-state index contributed by atoms with van der Waals surface area (Å²) in [6, 6.07) is 4.19. The van der Waals surface area contributed by atoms with Gasteiger partial charge in [-0.2, -0.15) is 0 Å². The number of unbranched alkanes of at least 4 members (excludes halogenated alkanes) is 1. The summed E-state index contributed by atoms with van der Waals surface area (Å²) in [5.41, 5.74) is 11.4. The summed E-state index contributed by atoms with van der Waals surface area (Å²) < 4.78 is 5.79. The second-order valence-corrected chi connectivity index (χ2v) is 6.94. The van der Waals surface area contributed by atoms with Crippen LogP contribution in [0.2, 0.25) is 0 Å². The maximum Gasteiger partial charge on any atom is 0.338 e. The maximum absolute atomic E-state index is 11.8. The standard InChI is InChI=1S/C20H29N5O4/c1-23-9-11-24(12-10-23)13-14-29-18-7-6-16(15-17(18)19(21)26)5-3-2-4-8-25(28)20(22)27/h6-7,15,28H,2,4,8-14H2,1H3,(H2,21,26)(H2,22,27). The number of primary amides is 2. The van der Waals surface area contributed by atoms with Crippen molar-refractivity contribution in [2.75, 3.05) is 52.9 Å². The van der Waals surface area contributed by atoms with Crippen molar-refractivity contribution in [2.24, 2.45) is 11.5 Å². The van der Waals surface area contributed by atoms with Crippen LogP contribution in [0.4, 0.5) is 4.79 Å². The zero-order valence-corrected chi connectivity index (χ0v) is 16.8. The van der Waals surface area contributed by atoms with Gasteiger partial charge in [-0.15, -0.1) is 0 Å². The Bertz CT molecular complexity index is 766. The molecule has 0 aliphatic carbocycles. The number of amides is 3. The number of hydrogen-bond acceptors (Lipinski definition) is 6. The Balaban J connectivity index is 1.87. The van der Waals surface area contributed by atoms with E-state index in [0.717, 1.165) is 32.7 Å². The van der Waals surface area contributed by atoms with Crippen molar-refractivity contribution < 1.29 is 19.5 Å². The molecule has 1 aromatic carbocycles. The molecule has 3 amide bonds. The lowest BCUT2D eigenvalue weighted by atomic mass is 10.1. The molecule has 0 radical (unpaired) electrons. The van der Waals surface area contributed by atoms with Gasteiger partial charge in [0.15, 0.2) is 0 Å². The maximum atomic E-state index is 11.8. The van der Waals surface area contributed by atoms with Crippen molar-refractivity contribution in [3.8, 4) is 17.6 Å². The number of nitrogens with zero attached hydrogens (tertiary/aromatic N) is 3. The molecule has 1 aromatic rings. The molecule has 0 bridgehead atoms. The molecular formula is C20H29N5O4. The topological polar surface area (TPSA) is 125 Å². The highest BCUT2D eigenvalue weighted by Crippen LogP contribution is 2.19. The first-order valence-electron chi connectivity index (χ1n) is 9.59. The minimum atomic E-state index is -0.896. The van der Waals surface area contributed by atoms with E-state index in [1.807, 2.05) is 0 Å². The fourth-order valence-electron chi connectivity index (χ4n) is 2.87. The van der Waals surface area contributed by atoms with Crippen LogP contribution in [-0.4, -0.2) is 84.9 Å². The summed E-state index contributed by atoms with van der Waals surface area (Å²) >= 11 is 0. The Morgan fingerprint density at radius 1 is 1.24 bits per heavy atom. The van der Waals surface area contributed by atoms with Gasteiger partial charge in [0.1, 0.15) is 12.4 Å². The molecule has 2 rings (SSSR count). The molecule has 29 heavy (non-hydrogen) atoms. The third-order valence-electron chi connectivity index (χ3n) is 4.66. The number of hydrogen-bond donors (Lipinski definition) is 3. The molecule has 1 aliphatic rings. The lowest BCUT2D eigenvalue weighted by Gasteiger charge is -2.32. The number of rotatable bonds is 8. The summed E-state index contributed by atoms with van der Waals surface area (Å²) in [5.74, 6) is 5.75. The van der Waals surface area contributed by atoms with E-state index in [9.17, 15) is 14.8 Å². The van der Waals surface area contributed by atoms with Crippen LogP contribution in [0.3, 0.4) is 0 Å². The van der Waals surface area contributed by atoms with Crippen LogP contribution >= 0.6 is 0 Å². The normalized spacial score (nSPS) is 14.7. The van der Waals surface area contributed by atoms with Gasteiger partial charge >= 0.3 is 6.03 Å². The van der Waals surface area contributed by atoms with Gasteiger partial charge in [0, 0.05) is 44.7 Å². The monoisotopic (exact) mass is 403 g/mol. The third-order valence-corrected chi connectivity index (χ3v) is 4.66. The molecule has 0 atom stereocenters. The van der Waals surface area contributed by atoms with Crippen molar-refractivity contribution in [2.45, 2.75) is 12.8 Å². The van der Waals surface area contributed by atoms with E-state index in [2.05, 4.69) is 28.7 Å². The van der Waals surface area contributed by atoms with Gasteiger partial charge in [-0.25, -0.2) is 9.86 Å². The minimum Gasteiger partial charge on any atom is -0.491 e. The summed E-state index contributed by atoms with van der Waals surface area (Å²) in [4.78, 5) is 27.1. The quantitative estimate of drug-likeness (QED) is 0.248. The summed E-state index contributed by atoms with van der Waals surface area (Å²) in [7, 11) is 2.11. The number of ether oxygens (including phenoxy) is 1. The SMILES string of the molecule is CN1CCN(CCOc2ccc(C#CCCCN(O)C(N)=O)cc2C(N)=O)CC1. The Labute approximate surface area is 171 Å². The first-order chi connectivity index (χ1) is 13.9. The highest BCUT2D eigenvalue weighted by molar-refractivity contribution is 5.96. The molecule has 9 heteroatoms. The molecule has 1 aliphatic heterocycles. The second-order valence-electron chi connectivity index (χ2n) is 6.94. The van der Waals surface area contributed by atoms with Crippen molar-refractivity contribution in [3.05, 3.63) is 29.3 Å². The summed E-state index contributed by atoms with van der Waals surface area (Å²) in [6.45, 7) is 5.47. The molecule has 0 unspecified atom stereocenters. The van der Waals surface area contributed by atoms with Gasteiger partial charge in [-0.05, 0) is 31.7 Å². The molecule has 158 valence electrons. The van der Waals surface area contributed by atoms with E-state index in [0.29, 0.717) is 41.4 Å². The van der Waals surface area contributed by atoms with E-state index in [1.54, 1.807) is 18.2 Å². The number of nitrogens with two attached hydrogens (primary N) is 2. The fraction of sp³-hybridized carbons (Fsp3) is 0.500. The van der Waals surface area contributed by atoms with Crippen LogP contribution < -0.4 is 16.2 Å². The van der Waals surface area contributed by atoms with Crippen LogP contribution in [0.25, 0.3) is 0 Å². The second kappa shape index (κ2) is 11.3. The largest absolute Gasteiger partial charge is 0.491 e. The van der Waals surface area contributed by atoms with Crippen molar-refractivity contribution >= 4 is 11.9 Å². The molecule has 0 aromatic heterocycles. The molecule has 1 fully saturated rings. The molecule has 0 saturated carbocycles. The predicted molar refractivity (Wildman–Crippen MR) is 109 cm³/mol. The van der Waals surface area contributed by atoms with Gasteiger partial charge in [0.25, 0.3) is 5.91 Å². The van der Waals surface area contributed by atoms with Gasteiger partial charge in [-0.1, -0.05) is 11.8 Å². The minimum absolute atomic E-state index is 0.108. The number of carbonyl (C=O) groups is 2. The average Bonchev–Trinajstić information content (AvgIpc) is 2.69. The van der Waals surface area contributed by atoms with Gasteiger partial charge < -0.3 is 21.1 Å². The number of likely N-dealkylation sites (N-methyl/N-ethyl adjacent to an activating group) is 1. The van der Waals surface area contributed by atoms with Crippen LogP contribution in [0.5, 0.6) is 5.75 Å². The highest BCUT2D eigenvalue weighted by atomic mass is 16.5. The summed E-state index contributed by atoms with van der Waals surface area (Å²) in [5, 5.41) is 9.62. The number of benzene rings is 1. The average molecular weight is 403 g/mol. The first kappa shape index (κ1) is 22.5.